The summed E-state index contributed by atoms with van der Waals surface area (Å²) in [6.07, 6.45) is 3.64. The molecule has 0 fully saturated rings. The summed E-state index contributed by atoms with van der Waals surface area (Å²) in [7, 11) is -2.95. The molecule has 5 heteroatoms. The first-order valence-corrected chi connectivity index (χ1v) is 9.94. The minimum atomic E-state index is -2.95. The highest BCUT2D eigenvalue weighted by molar-refractivity contribution is 7.90. The number of benzene rings is 2. The van der Waals surface area contributed by atoms with Crippen LogP contribution in [0, 0.1) is 0 Å². The van der Waals surface area contributed by atoms with Gasteiger partial charge in [-0.2, -0.15) is 0 Å². The monoisotopic (exact) mass is 340 g/mol. The van der Waals surface area contributed by atoms with E-state index in [-0.39, 0.29) is 5.75 Å². The van der Waals surface area contributed by atoms with E-state index >= 15 is 0 Å². The molecule has 124 valence electrons. The summed E-state index contributed by atoms with van der Waals surface area (Å²) in [6, 6.07) is 20.1. The van der Waals surface area contributed by atoms with Gasteiger partial charge >= 0.3 is 0 Å². The van der Waals surface area contributed by atoms with E-state index in [2.05, 4.69) is 17.1 Å². The van der Waals surface area contributed by atoms with Crippen LogP contribution in [0.5, 0.6) is 0 Å². The fourth-order valence-electron chi connectivity index (χ4n) is 2.75. The molecule has 3 rings (SSSR count). The molecule has 0 unspecified atom stereocenters. The second-order valence-corrected chi connectivity index (χ2v) is 8.11. The maximum absolute atomic E-state index is 11.4. The molecule has 0 aliphatic rings. The van der Waals surface area contributed by atoms with Gasteiger partial charge in [-0.05, 0) is 6.42 Å². The third-order valence-corrected chi connectivity index (χ3v) is 4.88. The maximum atomic E-state index is 11.4. The number of sulfone groups is 1. The zero-order valence-electron chi connectivity index (χ0n) is 13.6. The Bertz CT molecular complexity index is 901. The molecule has 0 atom stereocenters. The Labute approximate surface area is 142 Å². The topological polar surface area (TPSA) is 52.0 Å². The van der Waals surface area contributed by atoms with E-state index in [1.165, 1.54) is 6.26 Å². The fraction of sp³-hybridized carbons (Fsp3) is 0.211. The summed E-state index contributed by atoms with van der Waals surface area (Å²) in [5.41, 5.74) is 4.07. The summed E-state index contributed by atoms with van der Waals surface area (Å²) in [6.45, 7) is 0.622. The lowest BCUT2D eigenvalue weighted by molar-refractivity contribution is 0.592. The van der Waals surface area contributed by atoms with E-state index in [1.54, 1.807) is 6.33 Å². The van der Waals surface area contributed by atoms with Crippen molar-refractivity contribution in [1.82, 2.24) is 9.55 Å². The third kappa shape index (κ3) is 3.92. The van der Waals surface area contributed by atoms with Gasteiger partial charge in [0.25, 0.3) is 0 Å². The van der Waals surface area contributed by atoms with Crippen LogP contribution in [0.15, 0.2) is 67.0 Å². The first-order valence-electron chi connectivity index (χ1n) is 7.88. The van der Waals surface area contributed by atoms with Crippen molar-refractivity contribution in [3.63, 3.8) is 0 Å². The molecule has 1 heterocycles. The van der Waals surface area contributed by atoms with Gasteiger partial charge in [0.05, 0.1) is 23.5 Å². The van der Waals surface area contributed by atoms with Gasteiger partial charge in [-0.1, -0.05) is 60.7 Å². The maximum Gasteiger partial charge on any atom is 0.147 e. The van der Waals surface area contributed by atoms with E-state index in [4.69, 9.17) is 0 Å². The number of aryl methyl sites for hydroxylation is 1. The first kappa shape index (κ1) is 16.5. The van der Waals surface area contributed by atoms with Crippen LogP contribution in [-0.4, -0.2) is 30.0 Å². The minimum absolute atomic E-state index is 0.181. The third-order valence-electron chi connectivity index (χ3n) is 3.85. The molecule has 0 N–H and O–H groups in total. The van der Waals surface area contributed by atoms with Crippen molar-refractivity contribution in [3.05, 3.63) is 67.0 Å². The quantitative estimate of drug-likeness (QED) is 0.688. The van der Waals surface area contributed by atoms with Crippen molar-refractivity contribution in [2.45, 2.75) is 13.0 Å². The van der Waals surface area contributed by atoms with Crippen LogP contribution in [0.4, 0.5) is 0 Å². The average Bonchev–Trinajstić information content (AvgIpc) is 2.99. The molecule has 0 amide bonds. The van der Waals surface area contributed by atoms with Crippen molar-refractivity contribution < 1.29 is 8.42 Å². The molecule has 4 nitrogen and oxygen atoms in total. The highest BCUT2D eigenvalue weighted by atomic mass is 32.2. The molecule has 1 aromatic heterocycles. The van der Waals surface area contributed by atoms with Crippen molar-refractivity contribution in [3.8, 4) is 22.5 Å². The summed E-state index contributed by atoms with van der Waals surface area (Å²) in [5, 5.41) is 0. The fourth-order valence-corrected chi connectivity index (χ4v) is 3.41. The molecule has 0 aliphatic heterocycles. The van der Waals surface area contributed by atoms with Crippen molar-refractivity contribution in [2.75, 3.05) is 12.0 Å². The predicted molar refractivity (Wildman–Crippen MR) is 97.4 cm³/mol. The number of imidazole rings is 1. The van der Waals surface area contributed by atoms with Crippen molar-refractivity contribution in [1.29, 1.82) is 0 Å². The van der Waals surface area contributed by atoms with Gasteiger partial charge in [0.1, 0.15) is 9.84 Å². The molecule has 0 aliphatic carbocycles. The largest absolute Gasteiger partial charge is 0.330 e. The SMILES string of the molecule is CS(=O)(=O)CCCn1cnc(-c2ccccc2)c1-c1ccccc1. The van der Waals surface area contributed by atoms with Crippen LogP contribution < -0.4 is 0 Å². The lowest BCUT2D eigenvalue weighted by atomic mass is 10.0. The highest BCUT2D eigenvalue weighted by Crippen LogP contribution is 2.31. The molecule has 24 heavy (non-hydrogen) atoms. The van der Waals surface area contributed by atoms with Crippen LogP contribution in [0.1, 0.15) is 6.42 Å². The average molecular weight is 340 g/mol. The molecule has 2 aromatic carbocycles. The van der Waals surface area contributed by atoms with E-state index in [0.29, 0.717) is 13.0 Å². The van der Waals surface area contributed by atoms with Gasteiger partial charge in [0.15, 0.2) is 0 Å². The normalized spacial score (nSPS) is 11.5. The number of aromatic nitrogens is 2. The van der Waals surface area contributed by atoms with Gasteiger partial charge in [-0.25, -0.2) is 13.4 Å². The van der Waals surface area contributed by atoms with E-state index in [0.717, 1.165) is 22.5 Å². The van der Waals surface area contributed by atoms with Crippen LogP contribution in [0.3, 0.4) is 0 Å². The molecule has 0 saturated heterocycles. The number of rotatable bonds is 6. The van der Waals surface area contributed by atoms with Crippen LogP contribution in [0.2, 0.25) is 0 Å². The Morgan fingerprint density at radius 3 is 2.08 bits per heavy atom. The van der Waals surface area contributed by atoms with Gasteiger partial charge in [0.2, 0.25) is 0 Å². The number of nitrogens with zero attached hydrogens (tertiary/aromatic N) is 2. The molecule has 0 spiro atoms. The Morgan fingerprint density at radius 1 is 0.917 bits per heavy atom. The minimum Gasteiger partial charge on any atom is -0.330 e. The Morgan fingerprint density at radius 2 is 1.50 bits per heavy atom. The summed E-state index contributed by atoms with van der Waals surface area (Å²) in [5.74, 6) is 0.181. The van der Waals surface area contributed by atoms with Crippen molar-refractivity contribution >= 4 is 9.84 Å². The smallest absolute Gasteiger partial charge is 0.147 e. The van der Waals surface area contributed by atoms with Crippen LogP contribution >= 0.6 is 0 Å². The van der Waals surface area contributed by atoms with Gasteiger partial charge < -0.3 is 4.57 Å². The van der Waals surface area contributed by atoms with Gasteiger partial charge in [0, 0.05) is 23.9 Å². The van der Waals surface area contributed by atoms with Gasteiger partial charge in [-0.3, -0.25) is 0 Å². The zero-order valence-corrected chi connectivity index (χ0v) is 14.4. The summed E-state index contributed by atoms with van der Waals surface area (Å²) >= 11 is 0. The predicted octanol–water partition coefficient (Wildman–Crippen LogP) is 3.65. The lowest BCUT2D eigenvalue weighted by Crippen LogP contribution is -2.07. The summed E-state index contributed by atoms with van der Waals surface area (Å²) < 4.78 is 24.8. The van der Waals surface area contributed by atoms with E-state index in [9.17, 15) is 8.42 Å². The second-order valence-electron chi connectivity index (χ2n) is 5.85. The summed E-state index contributed by atoms with van der Waals surface area (Å²) in [4.78, 5) is 4.59. The molecule has 0 saturated carbocycles. The molecule has 0 radical (unpaired) electrons. The highest BCUT2D eigenvalue weighted by Gasteiger charge is 2.15. The van der Waals surface area contributed by atoms with Crippen LogP contribution in [-0.2, 0) is 16.4 Å². The van der Waals surface area contributed by atoms with Gasteiger partial charge in [-0.15, -0.1) is 0 Å². The number of hydrogen-bond acceptors (Lipinski definition) is 3. The number of hydrogen-bond donors (Lipinski definition) is 0. The van der Waals surface area contributed by atoms with Crippen molar-refractivity contribution in [2.24, 2.45) is 0 Å². The zero-order chi connectivity index (χ0) is 17.0. The standard InChI is InChI=1S/C19H20N2O2S/c1-24(22,23)14-8-13-21-15-20-18(16-9-4-2-5-10-16)19(21)17-11-6-3-7-12-17/h2-7,9-12,15H,8,13-14H2,1H3. The first-order chi connectivity index (χ1) is 11.5. The van der Waals surface area contributed by atoms with E-state index < -0.39 is 9.84 Å². The Hall–Kier alpha value is -2.40. The Balaban J connectivity index is 1.99. The Kier molecular flexibility index (Phi) is 4.81. The lowest BCUT2D eigenvalue weighted by Gasteiger charge is -2.10. The van der Waals surface area contributed by atoms with Crippen LogP contribution in [0.25, 0.3) is 22.5 Å². The molecule has 3 aromatic rings. The molecular weight excluding hydrogens is 320 g/mol. The molecule has 0 bridgehead atoms. The molecular formula is C19H20N2O2S. The second kappa shape index (κ2) is 7.01. The van der Waals surface area contributed by atoms with E-state index in [1.807, 2.05) is 53.1 Å².